The standard InChI is InChI=1S/C18H33N3O4/c1-14(2)5-3-4-10-20-16(22)6-7-17(23)21(13-18(24)25)15-8-11-19-12-9-15/h14-15,19H,3-13H2,1-2H3,(H,20,22)(H,24,25). The van der Waals surface area contributed by atoms with Crippen molar-refractivity contribution in [2.24, 2.45) is 5.92 Å². The number of piperidine rings is 1. The van der Waals surface area contributed by atoms with Crippen LogP contribution in [0.4, 0.5) is 0 Å². The number of carboxylic acids is 1. The van der Waals surface area contributed by atoms with Gasteiger partial charge in [0.05, 0.1) is 0 Å². The molecule has 3 N–H and O–H groups in total. The van der Waals surface area contributed by atoms with E-state index in [0.29, 0.717) is 12.5 Å². The summed E-state index contributed by atoms with van der Waals surface area (Å²) in [6.07, 6.45) is 4.85. The zero-order valence-corrected chi connectivity index (χ0v) is 15.6. The number of nitrogens with zero attached hydrogens (tertiary/aromatic N) is 1. The van der Waals surface area contributed by atoms with Crippen molar-refractivity contribution in [1.29, 1.82) is 0 Å². The molecule has 0 aliphatic carbocycles. The molecule has 7 heteroatoms. The van der Waals surface area contributed by atoms with Crippen molar-refractivity contribution in [3.05, 3.63) is 0 Å². The van der Waals surface area contributed by atoms with Gasteiger partial charge in [0.1, 0.15) is 6.54 Å². The number of nitrogens with one attached hydrogen (secondary N) is 2. The van der Waals surface area contributed by atoms with Crippen LogP contribution in [0.3, 0.4) is 0 Å². The molecule has 25 heavy (non-hydrogen) atoms. The molecule has 0 atom stereocenters. The van der Waals surface area contributed by atoms with Crippen molar-refractivity contribution in [3.63, 3.8) is 0 Å². The molecule has 0 aromatic carbocycles. The quantitative estimate of drug-likeness (QED) is 0.486. The summed E-state index contributed by atoms with van der Waals surface area (Å²) < 4.78 is 0. The molecule has 1 saturated heterocycles. The number of aliphatic carboxylic acids is 1. The van der Waals surface area contributed by atoms with E-state index in [-0.39, 0.29) is 37.2 Å². The van der Waals surface area contributed by atoms with Crippen LogP contribution in [0.15, 0.2) is 0 Å². The lowest BCUT2D eigenvalue weighted by Gasteiger charge is -2.33. The van der Waals surface area contributed by atoms with Crippen LogP contribution >= 0.6 is 0 Å². The van der Waals surface area contributed by atoms with Crippen LogP contribution in [0, 0.1) is 5.92 Å². The smallest absolute Gasteiger partial charge is 0.323 e. The number of carboxylic acid groups (broad SMARTS) is 1. The Balaban J connectivity index is 2.32. The van der Waals surface area contributed by atoms with E-state index in [1.54, 1.807) is 0 Å². The third-order valence-corrected chi connectivity index (χ3v) is 4.47. The molecular weight excluding hydrogens is 322 g/mol. The van der Waals surface area contributed by atoms with Gasteiger partial charge in [-0.1, -0.05) is 26.7 Å². The minimum absolute atomic E-state index is 0.0519. The van der Waals surface area contributed by atoms with Gasteiger partial charge in [0.15, 0.2) is 0 Å². The van der Waals surface area contributed by atoms with Gasteiger partial charge in [0, 0.05) is 25.4 Å². The number of unbranched alkanes of at least 4 members (excludes halogenated alkanes) is 1. The monoisotopic (exact) mass is 355 g/mol. The van der Waals surface area contributed by atoms with Crippen molar-refractivity contribution >= 4 is 17.8 Å². The first-order valence-corrected chi connectivity index (χ1v) is 9.38. The molecule has 0 radical (unpaired) electrons. The highest BCUT2D eigenvalue weighted by atomic mass is 16.4. The highest BCUT2D eigenvalue weighted by Crippen LogP contribution is 2.14. The maximum absolute atomic E-state index is 12.4. The molecule has 0 saturated carbocycles. The molecule has 2 amide bonds. The van der Waals surface area contributed by atoms with Gasteiger partial charge in [-0.25, -0.2) is 0 Å². The summed E-state index contributed by atoms with van der Waals surface area (Å²) in [5.74, 6) is -0.729. The number of carbonyl (C=O) groups excluding carboxylic acids is 2. The van der Waals surface area contributed by atoms with Crippen molar-refractivity contribution in [2.75, 3.05) is 26.2 Å². The number of rotatable bonds is 11. The van der Waals surface area contributed by atoms with E-state index in [9.17, 15) is 14.4 Å². The molecule has 0 aromatic rings. The lowest BCUT2D eigenvalue weighted by atomic mass is 10.0. The van der Waals surface area contributed by atoms with Crippen molar-refractivity contribution in [2.45, 2.75) is 64.8 Å². The van der Waals surface area contributed by atoms with E-state index in [1.807, 2.05) is 0 Å². The largest absolute Gasteiger partial charge is 0.480 e. The summed E-state index contributed by atoms with van der Waals surface area (Å²) in [5, 5.41) is 15.1. The fourth-order valence-corrected chi connectivity index (χ4v) is 3.04. The second kappa shape index (κ2) is 11.8. The Morgan fingerprint density at radius 2 is 1.84 bits per heavy atom. The number of amides is 2. The molecule has 7 nitrogen and oxygen atoms in total. The topological polar surface area (TPSA) is 98.7 Å². The normalized spacial score (nSPS) is 15.2. The third kappa shape index (κ3) is 9.43. The molecule has 0 spiro atoms. The van der Waals surface area contributed by atoms with Gasteiger partial charge in [-0.2, -0.15) is 0 Å². The fraction of sp³-hybridized carbons (Fsp3) is 0.833. The first-order valence-electron chi connectivity index (χ1n) is 9.38. The minimum atomic E-state index is -1.01. The second-order valence-electron chi connectivity index (χ2n) is 7.14. The molecule has 0 bridgehead atoms. The Hall–Kier alpha value is -1.63. The maximum Gasteiger partial charge on any atom is 0.323 e. The molecule has 1 fully saturated rings. The fourth-order valence-electron chi connectivity index (χ4n) is 3.04. The lowest BCUT2D eigenvalue weighted by molar-refractivity contribution is -0.147. The molecule has 1 aliphatic rings. The Morgan fingerprint density at radius 3 is 2.44 bits per heavy atom. The summed E-state index contributed by atoms with van der Waals surface area (Å²) >= 11 is 0. The van der Waals surface area contributed by atoms with Crippen LogP contribution in [0.5, 0.6) is 0 Å². The van der Waals surface area contributed by atoms with Crippen LogP contribution in [-0.4, -0.2) is 60.0 Å². The molecule has 144 valence electrons. The van der Waals surface area contributed by atoms with Crippen molar-refractivity contribution in [3.8, 4) is 0 Å². The van der Waals surface area contributed by atoms with Gasteiger partial charge < -0.3 is 20.6 Å². The number of hydrogen-bond acceptors (Lipinski definition) is 4. The molecule has 0 unspecified atom stereocenters. The summed E-state index contributed by atoms with van der Waals surface area (Å²) in [4.78, 5) is 36.7. The van der Waals surface area contributed by atoms with Crippen LogP contribution in [0.25, 0.3) is 0 Å². The Bertz CT molecular complexity index is 434. The van der Waals surface area contributed by atoms with Crippen LogP contribution in [0.2, 0.25) is 0 Å². The zero-order valence-electron chi connectivity index (χ0n) is 15.6. The van der Waals surface area contributed by atoms with Gasteiger partial charge in [0.25, 0.3) is 0 Å². The third-order valence-electron chi connectivity index (χ3n) is 4.47. The van der Waals surface area contributed by atoms with Gasteiger partial charge in [-0.15, -0.1) is 0 Å². The van der Waals surface area contributed by atoms with E-state index >= 15 is 0 Å². The average Bonchev–Trinajstić information content (AvgIpc) is 2.57. The summed E-state index contributed by atoms with van der Waals surface area (Å²) in [5.41, 5.74) is 0. The molecule has 0 aromatic heterocycles. The van der Waals surface area contributed by atoms with Gasteiger partial charge in [-0.3, -0.25) is 14.4 Å². The molecule has 1 rings (SSSR count). The van der Waals surface area contributed by atoms with Crippen molar-refractivity contribution < 1.29 is 19.5 Å². The Morgan fingerprint density at radius 1 is 1.16 bits per heavy atom. The van der Waals surface area contributed by atoms with Crippen LogP contribution < -0.4 is 10.6 Å². The summed E-state index contributed by atoms with van der Waals surface area (Å²) in [6.45, 7) is 6.26. The van der Waals surface area contributed by atoms with Gasteiger partial charge in [0.2, 0.25) is 11.8 Å². The molecule has 1 heterocycles. The maximum atomic E-state index is 12.4. The van der Waals surface area contributed by atoms with E-state index < -0.39 is 5.97 Å². The first-order chi connectivity index (χ1) is 11.9. The molecular formula is C18H33N3O4. The summed E-state index contributed by atoms with van der Waals surface area (Å²) in [6, 6.07) is -0.0519. The SMILES string of the molecule is CC(C)CCCCNC(=O)CCC(=O)N(CC(=O)O)C1CCNCC1. The van der Waals surface area contributed by atoms with E-state index in [2.05, 4.69) is 24.5 Å². The minimum Gasteiger partial charge on any atom is -0.480 e. The highest BCUT2D eigenvalue weighted by Gasteiger charge is 2.27. The highest BCUT2D eigenvalue weighted by molar-refractivity contribution is 5.86. The van der Waals surface area contributed by atoms with Gasteiger partial charge >= 0.3 is 5.97 Å². The summed E-state index contributed by atoms with van der Waals surface area (Å²) in [7, 11) is 0. The Kier molecular flexibility index (Phi) is 10.1. The first kappa shape index (κ1) is 21.4. The molecule has 1 aliphatic heterocycles. The van der Waals surface area contributed by atoms with Crippen LogP contribution in [-0.2, 0) is 14.4 Å². The predicted molar refractivity (Wildman–Crippen MR) is 96.2 cm³/mol. The predicted octanol–water partition coefficient (Wildman–Crippen LogP) is 1.37. The van der Waals surface area contributed by atoms with Crippen LogP contribution in [0.1, 0.15) is 58.8 Å². The average molecular weight is 355 g/mol. The number of carbonyl (C=O) groups is 3. The lowest BCUT2D eigenvalue weighted by Crippen LogP contribution is -2.48. The van der Waals surface area contributed by atoms with E-state index in [0.717, 1.165) is 45.2 Å². The second-order valence-corrected chi connectivity index (χ2v) is 7.14. The van der Waals surface area contributed by atoms with E-state index in [1.165, 1.54) is 4.90 Å². The van der Waals surface area contributed by atoms with Gasteiger partial charge in [-0.05, 0) is 38.3 Å². The Labute approximate surface area is 150 Å². The number of hydrogen-bond donors (Lipinski definition) is 3. The zero-order chi connectivity index (χ0) is 18.7. The van der Waals surface area contributed by atoms with E-state index in [4.69, 9.17) is 5.11 Å². The van der Waals surface area contributed by atoms with Crippen molar-refractivity contribution in [1.82, 2.24) is 15.5 Å².